The number of cyclic esters (lactones) is 1. The van der Waals surface area contributed by atoms with Gasteiger partial charge in [0.2, 0.25) is 0 Å². The maximum absolute atomic E-state index is 12.7. The molecule has 2 aliphatic carbocycles. The van der Waals surface area contributed by atoms with Crippen LogP contribution in [0.15, 0.2) is 23.3 Å². The first-order valence-corrected chi connectivity index (χ1v) is 14.1. The van der Waals surface area contributed by atoms with E-state index in [9.17, 15) is 19.5 Å². The number of hydrogen-bond acceptors (Lipinski definition) is 7. The van der Waals surface area contributed by atoms with Gasteiger partial charge in [-0.15, -0.1) is 0 Å². The first kappa shape index (κ1) is 28.2. The summed E-state index contributed by atoms with van der Waals surface area (Å²) >= 11 is 2.21. The second-order valence-corrected chi connectivity index (χ2v) is 11.6. The lowest BCUT2D eigenvalue weighted by atomic mass is 9.42. The fourth-order valence-electron chi connectivity index (χ4n) is 6.70. The average molecular weight is 603 g/mol. The minimum absolute atomic E-state index is 0.00820. The number of carbonyl (C=O) groups excluding carboxylic acids is 3. The van der Waals surface area contributed by atoms with E-state index in [1.54, 1.807) is 26.0 Å². The highest BCUT2D eigenvalue weighted by atomic mass is 127. The summed E-state index contributed by atoms with van der Waals surface area (Å²) in [4.78, 5) is 36.6. The summed E-state index contributed by atoms with van der Waals surface area (Å²) in [5.74, 6) is -0.972. The van der Waals surface area contributed by atoms with Crippen LogP contribution < -0.4 is 0 Å². The van der Waals surface area contributed by atoms with Gasteiger partial charge < -0.3 is 19.3 Å². The van der Waals surface area contributed by atoms with E-state index < -0.39 is 29.1 Å². The summed E-state index contributed by atoms with van der Waals surface area (Å²) in [7, 11) is 0. The molecule has 0 amide bonds. The Morgan fingerprint density at radius 3 is 2.63 bits per heavy atom. The van der Waals surface area contributed by atoms with Gasteiger partial charge in [-0.25, -0.2) is 9.59 Å². The van der Waals surface area contributed by atoms with Gasteiger partial charge in [0, 0.05) is 23.0 Å². The Morgan fingerprint density at radius 1 is 1.34 bits per heavy atom. The van der Waals surface area contributed by atoms with Crippen LogP contribution in [-0.4, -0.2) is 52.4 Å². The van der Waals surface area contributed by atoms with Crippen LogP contribution in [0, 0.1) is 22.7 Å². The molecule has 0 aromatic rings. The van der Waals surface area contributed by atoms with Crippen LogP contribution in [0.1, 0.15) is 73.1 Å². The molecule has 0 radical (unpaired) electrons. The van der Waals surface area contributed by atoms with Crippen LogP contribution >= 0.6 is 22.6 Å². The molecule has 0 aromatic heterocycles. The van der Waals surface area contributed by atoms with Gasteiger partial charge in [0.15, 0.2) is 0 Å². The normalized spacial score (nSPS) is 37.2. The van der Waals surface area contributed by atoms with E-state index in [-0.39, 0.29) is 29.8 Å². The number of allylic oxidation sites excluding steroid dienone is 1. The monoisotopic (exact) mass is 602 g/mol. The Bertz CT molecular complexity index is 911. The van der Waals surface area contributed by atoms with Crippen molar-refractivity contribution in [3.05, 3.63) is 23.3 Å². The third-order valence-electron chi connectivity index (χ3n) is 9.07. The van der Waals surface area contributed by atoms with Crippen LogP contribution in [0.25, 0.3) is 0 Å². The van der Waals surface area contributed by atoms with Gasteiger partial charge >= 0.3 is 17.9 Å². The van der Waals surface area contributed by atoms with Gasteiger partial charge in [-0.05, 0) is 68.8 Å². The minimum Gasteiger partial charge on any atom is -0.462 e. The Morgan fingerprint density at radius 2 is 2.06 bits per heavy atom. The molecule has 1 aliphatic heterocycles. The largest absolute Gasteiger partial charge is 0.462 e. The summed E-state index contributed by atoms with van der Waals surface area (Å²) in [6, 6.07) is 0. The number of aliphatic hydroxyl groups is 1. The smallest absolute Gasteiger partial charge is 0.333 e. The topological polar surface area (TPSA) is 99.1 Å². The molecule has 0 unspecified atom stereocenters. The molecule has 7 nitrogen and oxygen atoms in total. The molecule has 2 saturated carbocycles. The number of alkyl halides is 1. The molecule has 0 saturated heterocycles. The molecule has 0 spiro atoms. The molecule has 6 atom stereocenters. The molecule has 196 valence electrons. The summed E-state index contributed by atoms with van der Waals surface area (Å²) in [6.45, 7) is 9.63. The fourth-order valence-corrected chi connectivity index (χ4v) is 7.79. The number of carbonyl (C=O) groups is 3. The maximum atomic E-state index is 12.7. The number of hydrogen-bond donors (Lipinski definition) is 1. The number of fused-ring (bicyclic) bond motifs is 1. The third kappa shape index (κ3) is 5.20. The van der Waals surface area contributed by atoms with Crippen LogP contribution in [0.4, 0.5) is 0 Å². The molecule has 1 N–H and O–H groups in total. The number of halogens is 1. The Labute approximate surface area is 222 Å². The lowest BCUT2D eigenvalue weighted by Gasteiger charge is -2.66. The van der Waals surface area contributed by atoms with Gasteiger partial charge in [-0.3, -0.25) is 4.79 Å². The second kappa shape index (κ2) is 10.9. The van der Waals surface area contributed by atoms with Crippen LogP contribution in [0.2, 0.25) is 0 Å². The Balaban J connectivity index is 2.07. The van der Waals surface area contributed by atoms with Crippen molar-refractivity contribution in [3.8, 4) is 0 Å². The number of rotatable bonds is 8. The predicted octanol–water partition coefficient (Wildman–Crippen LogP) is 4.69. The van der Waals surface area contributed by atoms with E-state index in [0.29, 0.717) is 29.4 Å². The van der Waals surface area contributed by atoms with Crippen molar-refractivity contribution < 1.29 is 33.7 Å². The molecule has 1 heterocycles. The van der Waals surface area contributed by atoms with E-state index in [1.807, 2.05) is 0 Å². The second-order valence-electron chi connectivity index (χ2n) is 10.8. The zero-order valence-electron chi connectivity index (χ0n) is 21.5. The molecular formula is C27H39IO7. The molecule has 3 rings (SSSR count). The highest BCUT2D eigenvalue weighted by molar-refractivity contribution is 14.1. The Kier molecular flexibility index (Phi) is 8.77. The summed E-state index contributed by atoms with van der Waals surface area (Å²) < 4.78 is 17.4. The van der Waals surface area contributed by atoms with E-state index in [2.05, 4.69) is 36.4 Å². The predicted molar refractivity (Wildman–Crippen MR) is 140 cm³/mol. The first-order valence-electron chi connectivity index (χ1n) is 12.6. The van der Waals surface area contributed by atoms with Crippen LogP contribution in [-0.2, 0) is 28.6 Å². The molecule has 2 fully saturated rings. The van der Waals surface area contributed by atoms with Gasteiger partial charge in [0.05, 0.1) is 11.0 Å². The lowest BCUT2D eigenvalue weighted by Crippen LogP contribution is -2.71. The van der Waals surface area contributed by atoms with Gasteiger partial charge in [0.25, 0.3) is 0 Å². The van der Waals surface area contributed by atoms with Crippen molar-refractivity contribution in [2.45, 2.75) is 84.8 Å². The van der Waals surface area contributed by atoms with E-state index >= 15 is 0 Å². The van der Waals surface area contributed by atoms with Crippen molar-refractivity contribution in [1.29, 1.82) is 0 Å². The van der Waals surface area contributed by atoms with Crippen molar-refractivity contribution >= 4 is 40.5 Å². The van der Waals surface area contributed by atoms with Crippen molar-refractivity contribution in [2.75, 3.05) is 17.6 Å². The Hall–Kier alpha value is -1.42. The van der Waals surface area contributed by atoms with Gasteiger partial charge in [-0.1, -0.05) is 48.9 Å². The SMILES string of the molecule is C/C=C(\C)C(=O)OC[C@@]12[C@@H](OC(C)=O)C[C@@H](C)[C@](C)(CCC3=CC(=O)OC3)[C@H]1CCC[C@]2(O)CI. The third-order valence-corrected chi connectivity index (χ3v) is 10.3. The van der Waals surface area contributed by atoms with Crippen molar-refractivity contribution in [3.63, 3.8) is 0 Å². The van der Waals surface area contributed by atoms with Crippen molar-refractivity contribution in [1.82, 2.24) is 0 Å². The summed E-state index contributed by atoms with van der Waals surface area (Å²) in [5.41, 5.74) is -0.842. The van der Waals surface area contributed by atoms with Gasteiger partial charge in [0.1, 0.15) is 19.3 Å². The van der Waals surface area contributed by atoms with E-state index in [1.165, 1.54) is 6.92 Å². The molecule has 0 aromatic carbocycles. The fraction of sp³-hybridized carbons (Fsp3) is 0.741. The standard InChI is InChI=1S/C27H39IO7/c1-6-17(2)24(31)34-16-27-21(8-7-10-26(27,32)15-28)25(5,11-9-20-13-23(30)33-14-20)18(3)12-22(27)35-19(4)29/h6,13,18,21-22,32H,7-12,14-16H2,1-5H3/b17-6+/t18-,21-,22+,25+,26+,27+/m1/s1. The minimum atomic E-state index is -1.16. The van der Waals surface area contributed by atoms with E-state index in [4.69, 9.17) is 14.2 Å². The molecule has 8 heteroatoms. The highest BCUT2D eigenvalue weighted by Crippen LogP contribution is 2.65. The quantitative estimate of drug-likeness (QED) is 0.142. The molecule has 3 aliphatic rings. The summed E-state index contributed by atoms with van der Waals surface area (Å²) in [6.07, 6.45) is 7.05. The number of esters is 3. The average Bonchev–Trinajstić information content (AvgIpc) is 3.24. The highest BCUT2D eigenvalue weighted by Gasteiger charge is 2.69. The maximum Gasteiger partial charge on any atom is 0.333 e. The molecule has 35 heavy (non-hydrogen) atoms. The first-order chi connectivity index (χ1) is 16.4. The van der Waals surface area contributed by atoms with E-state index in [0.717, 1.165) is 31.3 Å². The molecule has 0 bridgehead atoms. The lowest BCUT2D eigenvalue weighted by molar-refractivity contribution is -0.266. The van der Waals surface area contributed by atoms with Gasteiger partial charge in [-0.2, -0.15) is 0 Å². The molecular weight excluding hydrogens is 563 g/mol. The zero-order chi connectivity index (χ0) is 26.0. The van der Waals surface area contributed by atoms with Crippen LogP contribution in [0.5, 0.6) is 0 Å². The van der Waals surface area contributed by atoms with Crippen LogP contribution in [0.3, 0.4) is 0 Å². The zero-order valence-corrected chi connectivity index (χ0v) is 23.7. The number of ether oxygens (including phenoxy) is 3. The summed E-state index contributed by atoms with van der Waals surface area (Å²) in [5, 5.41) is 12.2. The van der Waals surface area contributed by atoms with Crippen molar-refractivity contribution in [2.24, 2.45) is 22.7 Å².